The summed E-state index contributed by atoms with van der Waals surface area (Å²) in [5, 5.41) is 3.09. The lowest BCUT2D eigenvalue weighted by Gasteiger charge is -2.39. The van der Waals surface area contributed by atoms with E-state index in [2.05, 4.69) is 10.2 Å². The van der Waals surface area contributed by atoms with E-state index in [9.17, 15) is 14.4 Å². The van der Waals surface area contributed by atoms with Crippen LogP contribution in [-0.2, 0) is 19.1 Å². The van der Waals surface area contributed by atoms with Crippen LogP contribution in [0.3, 0.4) is 0 Å². The smallest absolute Gasteiger partial charge is 0.249 e. The van der Waals surface area contributed by atoms with Gasteiger partial charge < -0.3 is 19.9 Å². The molecule has 0 aromatic carbocycles. The molecule has 8 heteroatoms. The molecule has 0 bridgehead atoms. The quantitative estimate of drug-likeness (QED) is 0.486. The van der Waals surface area contributed by atoms with Crippen LogP contribution >= 0.6 is 0 Å². The van der Waals surface area contributed by atoms with Gasteiger partial charge in [-0.3, -0.25) is 19.3 Å². The second kappa shape index (κ2) is 13.0. The van der Waals surface area contributed by atoms with Crippen LogP contribution in [0, 0.1) is 11.3 Å². The second-order valence-corrected chi connectivity index (χ2v) is 12.1. The summed E-state index contributed by atoms with van der Waals surface area (Å²) in [6.07, 6.45) is 6.76. The first kappa shape index (κ1) is 30.3. The summed E-state index contributed by atoms with van der Waals surface area (Å²) in [5.41, 5.74) is 0.171. The van der Waals surface area contributed by atoms with Crippen LogP contribution in [0.1, 0.15) is 73.6 Å². The van der Waals surface area contributed by atoms with Crippen molar-refractivity contribution in [3.05, 3.63) is 11.6 Å². The highest BCUT2D eigenvalue weighted by molar-refractivity contribution is 5.94. The van der Waals surface area contributed by atoms with Crippen molar-refractivity contribution in [3.63, 3.8) is 0 Å². The average molecular weight is 507 g/mol. The molecule has 2 aliphatic rings. The molecule has 2 heterocycles. The van der Waals surface area contributed by atoms with Gasteiger partial charge in [-0.15, -0.1) is 0 Å². The van der Waals surface area contributed by atoms with Crippen LogP contribution in [0.15, 0.2) is 11.6 Å². The number of hydrogen-bond donors (Lipinski definition) is 1. The third-order valence-electron chi connectivity index (χ3n) is 7.71. The lowest BCUT2D eigenvalue weighted by molar-refractivity contribution is -0.141. The standard InChI is InChI=1S/C28H50N4O4/c1-19(2)23(17-20(3)26(34)32-16-12-13-21(32)18-36-9)31(8)27(35)24(28(4,5)6)29-25(33)22-14-10-11-15-30(22)7/h17,19,21-24H,10-16,18H2,1-9H3,(H,29,33)/t21-,22?,23+,24+/m0/s1. The van der Waals surface area contributed by atoms with Crippen molar-refractivity contribution in [2.75, 3.05) is 40.9 Å². The molecule has 0 aromatic heterocycles. The molecule has 2 fully saturated rings. The Hall–Kier alpha value is -1.93. The van der Waals surface area contributed by atoms with Gasteiger partial charge in [0.05, 0.1) is 24.7 Å². The zero-order chi connectivity index (χ0) is 27.2. The minimum absolute atomic E-state index is 0.00191. The molecule has 0 saturated carbocycles. The second-order valence-electron chi connectivity index (χ2n) is 12.1. The maximum atomic E-state index is 13.8. The Morgan fingerprint density at radius 1 is 1.11 bits per heavy atom. The van der Waals surface area contributed by atoms with Gasteiger partial charge >= 0.3 is 0 Å². The number of nitrogens with one attached hydrogen (secondary N) is 1. The number of rotatable bonds is 9. The molecule has 36 heavy (non-hydrogen) atoms. The molecular formula is C28H50N4O4. The van der Waals surface area contributed by atoms with Gasteiger partial charge in [0.1, 0.15) is 6.04 Å². The molecular weight excluding hydrogens is 456 g/mol. The number of likely N-dealkylation sites (tertiary alicyclic amines) is 2. The van der Waals surface area contributed by atoms with Gasteiger partial charge in [0.15, 0.2) is 0 Å². The number of hydrogen-bond acceptors (Lipinski definition) is 5. The number of likely N-dealkylation sites (N-methyl/N-ethyl adjacent to an activating group) is 2. The Morgan fingerprint density at radius 2 is 1.78 bits per heavy atom. The number of carbonyl (C=O) groups is 3. The number of amides is 3. The third kappa shape index (κ3) is 7.54. The SMILES string of the molecule is COC[C@@H]1CCCN1C(=O)C(C)=C[C@H](C(C)C)N(C)C(=O)[C@@H](NC(=O)C1CCCCN1C)C(C)(C)C. The van der Waals surface area contributed by atoms with Crippen molar-refractivity contribution in [2.24, 2.45) is 11.3 Å². The molecule has 4 atom stereocenters. The van der Waals surface area contributed by atoms with Crippen LogP contribution in [0.4, 0.5) is 0 Å². The minimum Gasteiger partial charge on any atom is -0.383 e. The predicted octanol–water partition coefficient (Wildman–Crippen LogP) is 3.07. The summed E-state index contributed by atoms with van der Waals surface area (Å²) in [6, 6.07) is -1.05. The Morgan fingerprint density at radius 3 is 2.33 bits per heavy atom. The number of piperidine rings is 1. The van der Waals surface area contributed by atoms with Crippen molar-refractivity contribution in [1.29, 1.82) is 0 Å². The van der Waals surface area contributed by atoms with Crippen LogP contribution in [-0.4, -0.2) is 97.5 Å². The Bertz CT molecular complexity index is 804. The van der Waals surface area contributed by atoms with Crippen molar-refractivity contribution in [2.45, 2.75) is 97.8 Å². The van der Waals surface area contributed by atoms with Gasteiger partial charge in [-0.2, -0.15) is 0 Å². The van der Waals surface area contributed by atoms with Crippen molar-refractivity contribution in [3.8, 4) is 0 Å². The first-order chi connectivity index (χ1) is 16.8. The first-order valence-corrected chi connectivity index (χ1v) is 13.5. The fourth-order valence-corrected chi connectivity index (χ4v) is 5.42. The van der Waals surface area contributed by atoms with Crippen molar-refractivity contribution >= 4 is 17.7 Å². The summed E-state index contributed by atoms with van der Waals surface area (Å²) >= 11 is 0. The number of ether oxygens (including phenoxy) is 1. The highest BCUT2D eigenvalue weighted by Gasteiger charge is 2.39. The fraction of sp³-hybridized carbons (Fsp3) is 0.821. The molecule has 0 spiro atoms. The van der Waals surface area contributed by atoms with E-state index in [0.29, 0.717) is 12.2 Å². The highest BCUT2D eigenvalue weighted by atomic mass is 16.5. The summed E-state index contributed by atoms with van der Waals surface area (Å²) < 4.78 is 5.31. The first-order valence-electron chi connectivity index (χ1n) is 13.5. The summed E-state index contributed by atoms with van der Waals surface area (Å²) in [4.78, 5) is 46.0. The fourth-order valence-electron chi connectivity index (χ4n) is 5.42. The third-order valence-corrected chi connectivity index (χ3v) is 7.71. The molecule has 1 N–H and O–H groups in total. The largest absolute Gasteiger partial charge is 0.383 e. The maximum Gasteiger partial charge on any atom is 0.249 e. The number of methoxy groups -OCH3 is 1. The maximum absolute atomic E-state index is 13.8. The molecule has 2 aliphatic heterocycles. The summed E-state index contributed by atoms with van der Waals surface area (Å²) in [6.45, 7) is 14.0. The van der Waals surface area contributed by atoms with Crippen molar-refractivity contribution in [1.82, 2.24) is 20.0 Å². The van der Waals surface area contributed by atoms with Crippen LogP contribution in [0.5, 0.6) is 0 Å². The summed E-state index contributed by atoms with van der Waals surface area (Å²) in [5.74, 6) is -0.124. The molecule has 0 radical (unpaired) electrons. The Balaban J connectivity index is 2.22. The average Bonchev–Trinajstić information content (AvgIpc) is 3.27. The van der Waals surface area contributed by atoms with Gasteiger partial charge in [0.25, 0.3) is 0 Å². The van der Waals surface area contributed by atoms with E-state index in [1.807, 2.05) is 59.6 Å². The van der Waals surface area contributed by atoms with E-state index in [1.165, 1.54) is 0 Å². The van der Waals surface area contributed by atoms with Gasteiger partial charge in [0, 0.05) is 26.3 Å². The van der Waals surface area contributed by atoms with Gasteiger partial charge in [0.2, 0.25) is 17.7 Å². The van der Waals surface area contributed by atoms with Gasteiger partial charge in [-0.1, -0.05) is 47.1 Å². The van der Waals surface area contributed by atoms with Crippen LogP contribution in [0.25, 0.3) is 0 Å². The van der Waals surface area contributed by atoms with E-state index >= 15 is 0 Å². The molecule has 1 unspecified atom stereocenters. The Labute approximate surface area is 218 Å². The molecule has 206 valence electrons. The van der Waals surface area contributed by atoms with Crippen LogP contribution < -0.4 is 5.32 Å². The normalized spacial score (nSPS) is 23.5. The number of carbonyl (C=O) groups excluding carboxylic acids is 3. The van der Waals surface area contributed by atoms with Gasteiger partial charge in [-0.05, 0) is 57.5 Å². The van der Waals surface area contributed by atoms with Crippen molar-refractivity contribution < 1.29 is 19.1 Å². The molecule has 2 rings (SSSR count). The molecule has 8 nitrogen and oxygen atoms in total. The van der Waals surface area contributed by atoms with Gasteiger partial charge in [-0.25, -0.2) is 0 Å². The predicted molar refractivity (Wildman–Crippen MR) is 143 cm³/mol. The molecule has 0 aliphatic carbocycles. The zero-order valence-corrected chi connectivity index (χ0v) is 24.1. The highest BCUT2D eigenvalue weighted by Crippen LogP contribution is 2.26. The lowest BCUT2D eigenvalue weighted by atomic mass is 9.84. The Kier molecular flexibility index (Phi) is 11.0. The van der Waals surface area contributed by atoms with E-state index in [4.69, 9.17) is 4.74 Å². The van der Waals surface area contributed by atoms with Crippen LogP contribution in [0.2, 0.25) is 0 Å². The molecule has 3 amide bonds. The van der Waals surface area contributed by atoms with E-state index in [1.54, 1.807) is 19.1 Å². The summed E-state index contributed by atoms with van der Waals surface area (Å²) in [7, 11) is 5.42. The minimum atomic E-state index is -0.666. The van der Waals surface area contributed by atoms with E-state index in [0.717, 1.165) is 45.2 Å². The van der Waals surface area contributed by atoms with E-state index in [-0.39, 0.29) is 41.8 Å². The lowest BCUT2D eigenvalue weighted by Crippen LogP contribution is -2.59. The zero-order valence-electron chi connectivity index (χ0n) is 24.1. The molecule has 2 saturated heterocycles. The molecule has 0 aromatic rings. The topological polar surface area (TPSA) is 82.2 Å². The van der Waals surface area contributed by atoms with E-state index < -0.39 is 11.5 Å². The number of nitrogens with zero attached hydrogens (tertiary/aromatic N) is 3. The monoisotopic (exact) mass is 506 g/mol.